The lowest BCUT2D eigenvalue weighted by molar-refractivity contribution is -0.614. The van der Waals surface area contributed by atoms with E-state index >= 15 is 0 Å². The van der Waals surface area contributed by atoms with Crippen LogP contribution in [0.2, 0.25) is 5.02 Å². The van der Waals surface area contributed by atoms with Crippen LogP contribution in [-0.4, -0.2) is 63.5 Å². The summed E-state index contributed by atoms with van der Waals surface area (Å²) in [6.45, 7) is 2.71. The molecule has 3 aromatic carbocycles. The summed E-state index contributed by atoms with van der Waals surface area (Å²) in [6.07, 6.45) is 6.44. The number of carbonyl (C=O) groups is 1. The van der Waals surface area contributed by atoms with Crippen molar-refractivity contribution in [3.63, 3.8) is 0 Å². The summed E-state index contributed by atoms with van der Waals surface area (Å²) in [5.41, 5.74) is 6.31. The van der Waals surface area contributed by atoms with E-state index in [9.17, 15) is 10.0 Å². The van der Waals surface area contributed by atoms with Gasteiger partial charge in [0.1, 0.15) is 6.33 Å². The van der Waals surface area contributed by atoms with Gasteiger partial charge in [0.25, 0.3) is 0 Å². The first-order valence-electron chi connectivity index (χ1n) is 16.0. The predicted octanol–water partition coefficient (Wildman–Crippen LogP) is 5.67. The van der Waals surface area contributed by atoms with Gasteiger partial charge < -0.3 is 20.2 Å². The summed E-state index contributed by atoms with van der Waals surface area (Å²) < 4.78 is 7.94. The van der Waals surface area contributed by atoms with Crippen molar-refractivity contribution in [3.8, 4) is 16.8 Å². The highest BCUT2D eigenvalue weighted by atomic mass is 35.5. The maximum Gasteiger partial charge on any atom is 0.317 e. The lowest BCUT2D eigenvalue weighted by Gasteiger charge is -2.33. The number of likely N-dealkylation sites (tertiary alicyclic amines) is 1. The number of ether oxygens (including phenoxy) is 1. The Hall–Kier alpha value is -4.80. The zero-order valence-corrected chi connectivity index (χ0v) is 26.7. The Morgan fingerprint density at radius 2 is 1.87 bits per heavy atom. The molecule has 1 unspecified atom stereocenters. The molecule has 240 valence electrons. The molecule has 0 bridgehead atoms. The van der Waals surface area contributed by atoms with E-state index in [4.69, 9.17) is 16.3 Å². The average Bonchev–Trinajstić information content (AvgIpc) is 3.83. The molecule has 2 aliphatic rings. The Labute approximate surface area is 278 Å². The average molecular weight is 650 g/mol. The second-order valence-electron chi connectivity index (χ2n) is 12.3. The normalized spacial score (nSPS) is 17.5. The van der Waals surface area contributed by atoms with Gasteiger partial charge in [-0.1, -0.05) is 66.2 Å². The number of rotatable bonds is 8. The van der Waals surface area contributed by atoms with E-state index in [0.29, 0.717) is 54.9 Å². The molecule has 0 spiro atoms. The lowest BCUT2D eigenvalue weighted by atomic mass is 9.84. The van der Waals surface area contributed by atoms with Gasteiger partial charge in [-0.15, -0.1) is 5.10 Å². The molecule has 0 radical (unpaired) electrons. The molecule has 1 N–H and O–H groups in total. The number of benzene rings is 3. The third-order valence-electron chi connectivity index (χ3n) is 9.27. The number of urea groups is 1. The van der Waals surface area contributed by atoms with E-state index in [2.05, 4.69) is 57.2 Å². The van der Waals surface area contributed by atoms with E-state index in [1.165, 1.54) is 11.9 Å². The Bertz CT molecular complexity index is 1820. The van der Waals surface area contributed by atoms with Crippen LogP contribution in [0, 0.1) is 5.21 Å². The smallest absolute Gasteiger partial charge is 0.317 e. The van der Waals surface area contributed by atoms with Gasteiger partial charge in [0.15, 0.2) is 6.20 Å². The minimum absolute atomic E-state index is 0.00178. The summed E-state index contributed by atoms with van der Waals surface area (Å²) in [5, 5.41) is 29.1. The van der Waals surface area contributed by atoms with Crippen molar-refractivity contribution in [2.45, 2.75) is 43.6 Å². The second kappa shape index (κ2) is 13.9. The van der Waals surface area contributed by atoms with Gasteiger partial charge in [-0.2, -0.15) is 9.41 Å². The van der Waals surface area contributed by atoms with Crippen LogP contribution in [0.25, 0.3) is 16.8 Å². The summed E-state index contributed by atoms with van der Waals surface area (Å²) in [7, 11) is 0. The molecule has 7 rings (SSSR count). The number of nitrogens with one attached hydrogen (secondary N) is 1. The SMILES string of the molecule is O=C(NC1CCOC1)N1CCC(c2cccc([C@H](Cc3ccccc3)c3ccc(-c4cc(Cl)ccc4-n4cnnn4)c[n+]3[O-])c2)CC1. The summed E-state index contributed by atoms with van der Waals surface area (Å²) in [6, 6.07) is 28.3. The van der Waals surface area contributed by atoms with Gasteiger partial charge in [0, 0.05) is 41.9 Å². The van der Waals surface area contributed by atoms with Crippen molar-refractivity contribution >= 4 is 17.6 Å². The van der Waals surface area contributed by atoms with Crippen molar-refractivity contribution < 1.29 is 14.3 Å². The quantitative estimate of drug-likeness (QED) is 0.171. The highest BCUT2D eigenvalue weighted by Crippen LogP contribution is 2.34. The molecule has 2 aliphatic heterocycles. The van der Waals surface area contributed by atoms with Crippen molar-refractivity contribution in [1.82, 2.24) is 30.4 Å². The minimum Gasteiger partial charge on any atom is -0.618 e. The molecule has 2 aromatic heterocycles. The van der Waals surface area contributed by atoms with E-state index in [1.54, 1.807) is 16.9 Å². The van der Waals surface area contributed by atoms with Crippen LogP contribution >= 0.6 is 11.6 Å². The van der Waals surface area contributed by atoms with E-state index in [-0.39, 0.29) is 18.0 Å². The fourth-order valence-electron chi connectivity index (χ4n) is 6.74. The monoisotopic (exact) mass is 649 g/mol. The van der Waals surface area contributed by atoms with E-state index < -0.39 is 0 Å². The first-order chi connectivity index (χ1) is 23.0. The number of amides is 2. The molecule has 10 nitrogen and oxygen atoms in total. The summed E-state index contributed by atoms with van der Waals surface area (Å²) in [4.78, 5) is 14.7. The molecule has 4 heterocycles. The number of carbonyl (C=O) groups excluding carboxylic acids is 1. The molecule has 0 aliphatic carbocycles. The number of halogens is 1. The third-order valence-corrected chi connectivity index (χ3v) is 9.51. The lowest BCUT2D eigenvalue weighted by Crippen LogP contribution is -2.47. The van der Waals surface area contributed by atoms with Gasteiger partial charge in [0.05, 0.1) is 24.3 Å². The number of aromatic nitrogens is 5. The molecule has 2 saturated heterocycles. The Morgan fingerprint density at radius 3 is 2.62 bits per heavy atom. The molecule has 2 amide bonds. The summed E-state index contributed by atoms with van der Waals surface area (Å²) in [5.74, 6) is 0.155. The van der Waals surface area contributed by atoms with Crippen LogP contribution in [0.1, 0.15) is 53.5 Å². The number of pyridine rings is 1. The van der Waals surface area contributed by atoms with Crippen molar-refractivity contribution in [3.05, 3.63) is 130 Å². The number of piperidine rings is 1. The van der Waals surface area contributed by atoms with Gasteiger partial charge in [-0.25, -0.2) is 4.79 Å². The first kappa shape index (κ1) is 30.8. The van der Waals surface area contributed by atoms with Crippen molar-refractivity contribution in [1.29, 1.82) is 0 Å². The van der Waals surface area contributed by atoms with Gasteiger partial charge in [0.2, 0.25) is 5.69 Å². The number of nitrogens with zero attached hydrogens (tertiary/aromatic N) is 6. The van der Waals surface area contributed by atoms with Gasteiger partial charge >= 0.3 is 6.03 Å². The minimum atomic E-state index is -0.179. The maximum absolute atomic E-state index is 13.9. The van der Waals surface area contributed by atoms with Crippen LogP contribution in [-0.2, 0) is 11.2 Å². The summed E-state index contributed by atoms with van der Waals surface area (Å²) >= 11 is 6.38. The molecular formula is C36H36ClN7O3. The van der Waals surface area contributed by atoms with E-state index in [1.807, 2.05) is 47.4 Å². The van der Waals surface area contributed by atoms with Crippen molar-refractivity contribution in [2.75, 3.05) is 26.3 Å². The van der Waals surface area contributed by atoms with E-state index in [0.717, 1.165) is 46.4 Å². The number of hydrogen-bond donors (Lipinski definition) is 1. The van der Waals surface area contributed by atoms with Crippen LogP contribution in [0.5, 0.6) is 0 Å². The Kier molecular flexibility index (Phi) is 9.12. The molecule has 11 heteroatoms. The number of tetrazole rings is 1. The fraction of sp³-hybridized carbons (Fsp3) is 0.306. The van der Waals surface area contributed by atoms with Gasteiger partial charge in [-0.05, 0) is 83.0 Å². The van der Waals surface area contributed by atoms with Crippen molar-refractivity contribution in [2.24, 2.45) is 0 Å². The molecule has 5 aromatic rings. The predicted molar refractivity (Wildman–Crippen MR) is 178 cm³/mol. The zero-order valence-electron chi connectivity index (χ0n) is 25.9. The molecule has 0 saturated carbocycles. The fourth-order valence-corrected chi connectivity index (χ4v) is 6.91. The van der Waals surface area contributed by atoms with Crippen LogP contribution in [0.15, 0.2) is 97.5 Å². The van der Waals surface area contributed by atoms with Gasteiger partial charge in [-0.3, -0.25) is 0 Å². The largest absolute Gasteiger partial charge is 0.618 e. The Balaban J connectivity index is 1.15. The first-order valence-corrected chi connectivity index (χ1v) is 16.4. The zero-order chi connectivity index (χ0) is 32.2. The third kappa shape index (κ3) is 6.99. The van der Waals surface area contributed by atoms with Crippen LogP contribution in [0.4, 0.5) is 4.79 Å². The molecule has 47 heavy (non-hydrogen) atoms. The molecule has 2 fully saturated rings. The van der Waals surface area contributed by atoms with Crippen LogP contribution < -0.4 is 10.0 Å². The highest BCUT2D eigenvalue weighted by molar-refractivity contribution is 6.31. The van der Waals surface area contributed by atoms with Crippen LogP contribution in [0.3, 0.4) is 0 Å². The maximum atomic E-state index is 13.9. The standard InChI is InChI=1S/C36H36ClN7O3/c37-30-10-12-34(43-24-38-40-41-43)33(21-30)29-9-11-35(44(46)22-29)32(19-25-5-2-1-3-6-25)28-8-4-7-27(20-28)26-13-16-42(17-14-26)36(45)39-31-15-18-47-23-31/h1-12,20-22,24,26,31-32H,13-19,23H2,(H,39,45)/t31?,32-/m0/s1. The Morgan fingerprint density at radius 1 is 1.02 bits per heavy atom. The molecule has 2 atom stereocenters. The molecular weight excluding hydrogens is 614 g/mol. The second-order valence-corrected chi connectivity index (χ2v) is 12.7. The topological polar surface area (TPSA) is 112 Å². The number of hydrogen-bond acceptors (Lipinski definition) is 6. The highest BCUT2D eigenvalue weighted by Gasteiger charge is 2.28.